The Morgan fingerprint density at radius 1 is 1.62 bits per heavy atom. The molecule has 0 bridgehead atoms. The molecule has 1 aliphatic carbocycles. The topological polar surface area (TPSA) is 106 Å². The number of amides is 1. The van der Waals surface area contributed by atoms with Gasteiger partial charge in [0.1, 0.15) is 5.82 Å². The minimum atomic E-state index is -0.279. The molecule has 0 spiro atoms. The van der Waals surface area contributed by atoms with Gasteiger partial charge in [-0.25, -0.2) is 0 Å². The van der Waals surface area contributed by atoms with Crippen LogP contribution in [0.4, 0.5) is 5.82 Å². The van der Waals surface area contributed by atoms with E-state index in [4.69, 9.17) is 5.73 Å². The highest BCUT2D eigenvalue weighted by Gasteiger charge is 2.36. The molecule has 1 fully saturated rings. The number of hydrogen-bond acceptors (Lipinski definition) is 6. The van der Waals surface area contributed by atoms with E-state index in [0.717, 1.165) is 17.1 Å². The average Bonchev–Trinajstić information content (AvgIpc) is 3.01. The third-order valence-corrected chi connectivity index (χ3v) is 4.48. The Bertz CT molecular complexity index is 647. The molecule has 3 rings (SSSR count). The van der Waals surface area contributed by atoms with E-state index >= 15 is 0 Å². The third-order valence-electron chi connectivity index (χ3n) is 3.83. The van der Waals surface area contributed by atoms with Crippen molar-refractivity contribution in [2.75, 3.05) is 5.73 Å². The van der Waals surface area contributed by atoms with Gasteiger partial charge in [-0.15, -0.1) is 0 Å². The molecule has 1 atom stereocenters. The molecule has 1 amide bonds. The maximum Gasteiger partial charge on any atom is 0.256 e. The molecule has 2 heterocycles. The minimum absolute atomic E-state index is 0.172. The summed E-state index contributed by atoms with van der Waals surface area (Å²) in [5, 5.41) is 18.3. The number of aromatic nitrogens is 3. The fourth-order valence-electron chi connectivity index (χ4n) is 2.61. The van der Waals surface area contributed by atoms with Crippen LogP contribution in [0.25, 0.3) is 0 Å². The lowest BCUT2D eigenvalue weighted by atomic mass is 9.75. The van der Waals surface area contributed by atoms with E-state index in [1.54, 1.807) is 16.3 Å². The Morgan fingerprint density at radius 2 is 2.38 bits per heavy atom. The van der Waals surface area contributed by atoms with Crippen molar-refractivity contribution in [2.45, 2.75) is 25.0 Å². The predicted octanol–water partition coefficient (Wildman–Crippen LogP) is 0.701. The van der Waals surface area contributed by atoms with Crippen LogP contribution in [-0.2, 0) is 7.05 Å². The normalized spacial score (nSPS) is 22.6. The fraction of sp³-hybridized carbons (Fsp3) is 0.462. The number of rotatable bonds is 4. The Balaban J connectivity index is 1.79. The predicted molar refractivity (Wildman–Crippen MR) is 78.7 cm³/mol. The van der Waals surface area contributed by atoms with Crippen molar-refractivity contribution < 1.29 is 9.90 Å². The summed E-state index contributed by atoms with van der Waals surface area (Å²) in [7, 11) is 1.83. The van der Waals surface area contributed by atoms with E-state index in [-0.39, 0.29) is 29.8 Å². The number of nitrogen functional groups attached to an aromatic ring is 1. The molecular weight excluding hydrogens is 290 g/mol. The molecule has 0 aliphatic heterocycles. The second-order valence-corrected chi connectivity index (χ2v) is 6.03. The SMILES string of the molecule is Cn1cc([C@H](NC(=O)c2csnc2N)C2CC(O)C2)cn1. The molecule has 0 unspecified atom stereocenters. The van der Waals surface area contributed by atoms with E-state index in [1.165, 1.54) is 0 Å². The summed E-state index contributed by atoms with van der Waals surface area (Å²) in [6.45, 7) is 0. The summed E-state index contributed by atoms with van der Waals surface area (Å²) in [4.78, 5) is 12.3. The highest BCUT2D eigenvalue weighted by molar-refractivity contribution is 7.04. The van der Waals surface area contributed by atoms with Crippen molar-refractivity contribution in [2.24, 2.45) is 13.0 Å². The second-order valence-electron chi connectivity index (χ2n) is 5.40. The number of aryl methyl sites for hydroxylation is 1. The van der Waals surface area contributed by atoms with Gasteiger partial charge in [-0.05, 0) is 30.3 Å². The summed E-state index contributed by atoms with van der Waals surface area (Å²) < 4.78 is 5.61. The highest BCUT2D eigenvalue weighted by Crippen LogP contribution is 2.38. The van der Waals surface area contributed by atoms with Gasteiger partial charge in [0.15, 0.2) is 0 Å². The largest absolute Gasteiger partial charge is 0.393 e. The summed E-state index contributed by atoms with van der Waals surface area (Å²) in [5.41, 5.74) is 7.02. The van der Waals surface area contributed by atoms with Gasteiger partial charge in [0, 0.05) is 24.2 Å². The fourth-order valence-corrected chi connectivity index (χ4v) is 3.21. The number of nitrogens with one attached hydrogen (secondary N) is 1. The first-order valence-electron chi connectivity index (χ1n) is 6.72. The van der Waals surface area contributed by atoms with Crippen LogP contribution in [-0.4, -0.2) is 31.3 Å². The first-order valence-corrected chi connectivity index (χ1v) is 7.55. The lowest BCUT2D eigenvalue weighted by Gasteiger charge is -2.37. The number of nitrogens with zero attached hydrogens (tertiary/aromatic N) is 3. The first kappa shape index (κ1) is 14.0. The zero-order valence-corrected chi connectivity index (χ0v) is 12.4. The lowest BCUT2D eigenvalue weighted by molar-refractivity contribution is 0.0235. The average molecular weight is 307 g/mol. The van der Waals surface area contributed by atoms with E-state index in [1.807, 2.05) is 13.2 Å². The van der Waals surface area contributed by atoms with E-state index in [0.29, 0.717) is 18.4 Å². The molecule has 1 saturated carbocycles. The van der Waals surface area contributed by atoms with E-state index in [2.05, 4.69) is 14.8 Å². The third kappa shape index (κ3) is 2.77. The van der Waals surface area contributed by atoms with Crippen molar-refractivity contribution >= 4 is 23.3 Å². The molecule has 112 valence electrons. The molecule has 2 aromatic heterocycles. The van der Waals surface area contributed by atoms with Gasteiger partial charge in [-0.3, -0.25) is 9.48 Å². The lowest BCUT2D eigenvalue weighted by Crippen LogP contribution is -2.41. The molecule has 0 saturated heterocycles. The van der Waals surface area contributed by atoms with Crippen LogP contribution in [0.5, 0.6) is 0 Å². The van der Waals surface area contributed by atoms with Crippen LogP contribution in [0.2, 0.25) is 0 Å². The summed E-state index contributed by atoms with van der Waals surface area (Å²) in [5.74, 6) is 0.216. The van der Waals surface area contributed by atoms with Crippen LogP contribution in [0.3, 0.4) is 0 Å². The van der Waals surface area contributed by atoms with Crippen molar-refractivity contribution in [3.63, 3.8) is 0 Å². The standard InChI is InChI=1S/C13H17N5O2S/c1-18-5-8(4-15-18)11(7-2-9(19)3-7)16-13(20)10-6-21-17-12(10)14/h4-7,9,11,19H,2-3H2,1H3,(H2,14,17)(H,16,20)/t7?,9?,11-/m1/s1. The van der Waals surface area contributed by atoms with Gasteiger partial charge in [-0.1, -0.05) is 0 Å². The van der Waals surface area contributed by atoms with Crippen LogP contribution in [0.15, 0.2) is 17.8 Å². The number of carbonyl (C=O) groups is 1. The number of nitrogens with two attached hydrogens (primary N) is 1. The van der Waals surface area contributed by atoms with Gasteiger partial charge in [0.2, 0.25) is 0 Å². The Hall–Kier alpha value is -1.93. The summed E-state index contributed by atoms with van der Waals surface area (Å²) in [6, 6.07) is -0.172. The van der Waals surface area contributed by atoms with Crippen molar-refractivity contribution in [1.82, 2.24) is 19.5 Å². The summed E-state index contributed by atoms with van der Waals surface area (Å²) >= 11 is 1.16. The van der Waals surface area contributed by atoms with E-state index in [9.17, 15) is 9.90 Å². The molecule has 1 aliphatic rings. The van der Waals surface area contributed by atoms with Crippen LogP contribution in [0, 0.1) is 5.92 Å². The molecular formula is C13H17N5O2S. The van der Waals surface area contributed by atoms with Crippen LogP contribution < -0.4 is 11.1 Å². The van der Waals surface area contributed by atoms with Crippen molar-refractivity contribution in [3.8, 4) is 0 Å². The molecule has 0 radical (unpaired) electrons. The maximum atomic E-state index is 12.3. The zero-order valence-electron chi connectivity index (χ0n) is 11.6. The molecule has 2 aromatic rings. The number of carbonyl (C=O) groups excluding carboxylic acids is 1. The maximum absolute atomic E-state index is 12.3. The Labute approximate surface area is 125 Å². The highest BCUT2D eigenvalue weighted by atomic mass is 32.1. The first-order chi connectivity index (χ1) is 10.0. The smallest absolute Gasteiger partial charge is 0.256 e. The quantitative estimate of drug-likeness (QED) is 0.771. The van der Waals surface area contributed by atoms with Gasteiger partial charge in [-0.2, -0.15) is 9.47 Å². The van der Waals surface area contributed by atoms with Gasteiger partial charge >= 0.3 is 0 Å². The number of hydrogen-bond donors (Lipinski definition) is 3. The van der Waals surface area contributed by atoms with Gasteiger partial charge < -0.3 is 16.2 Å². The van der Waals surface area contributed by atoms with Gasteiger partial charge in [0.05, 0.1) is 23.9 Å². The zero-order chi connectivity index (χ0) is 15.0. The van der Waals surface area contributed by atoms with Crippen LogP contribution in [0.1, 0.15) is 34.8 Å². The Morgan fingerprint density at radius 3 is 2.90 bits per heavy atom. The van der Waals surface area contributed by atoms with E-state index < -0.39 is 0 Å². The van der Waals surface area contributed by atoms with Crippen molar-refractivity contribution in [1.29, 1.82) is 0 Å². The number of aliphatic hydroxyl groups is 1. The molecule has 7 nitrogen and oxygen atoms in total. The van der Waals surface area contributed by atoms with Crippen LogP contribution >= 0.6 is 11.5 Å². The minimum Gasteiger partial charge on any atom is -0.393 e. The monoisotopic (exact) mass is 307 g/mol. The molecule has 8 heteroatoms. The van der Waals surface area contributed by atoms with Gasteiger partial charge in [0.25, 0.3) is 5.91 Å². The van der Waals surface area contributed by atoms with Crippen molar-refractivity contribution in [3.05, 3.63) is 28.9 Å². The molecule has 4 N–H and O–H groups in total. The number of aliphatic hydroxyl groups excluding tert-OH is 1. The second kappa shape index (κ2) is 5.45. The summed E-state index contributed by atoms with van der Waals surface area (Å²) in [6.07, 6.45) is 4.70. The molecule has 21 heavy (non-hydrogen) atoms. The molecule has 0 aromatic carbocycles. The number of anilines is 1. The Kier molecular flexibility index (Phi) is 3.64.